The third-order valence-corrected chi connectivity index (χ3v) is 2.86. The molecule has 0 aromatic heterocycles. The first-order valence-electron chi connectivity index (χ1n) is 6.03. The van der Waals surface area contributed by atoms with Gasteiger partial charge in [0, 0.05) is 11.3 Å². The molecule has 1 N–H and O–H groups in total. The Morgan fingerprint density at radius 2 is 1.55 bits per heavy atom. The maximum atomic E-state index is 13.3. The smallest absolute Gasteiger partial charge is 0.412 e. The van der Waals surface area contributed by atoms with Crippen molar-refractivity contribution in [3.8, 4) is 5.75 Å². The maximum Gasteiger partial charge on any atom is 0.412 e. The summed E-state index contributed by atoms with van der Waals surface area (Å²) in [6.45, 7) is 0. The number of hydrogen-bond donors (Lipinski definition) is 1. The van der Waals surface area contributed by atoms with Gasteiger partial charge in [0.15, 0.2) is 6.04 Å². The van der Waals surface area contributed by atoms with Gasteiger partial charge in [-0.25, -0.2) is 0 Å². The lowest BCUT2D eigenvalue weighted by molar-refractivity contribution is -0.144. The van der Waals surface area contributed by atoms with Crippen molar-refractivity contribution in [2.75, 3.05) is 12.4 Å². The summed E-state index contributed by atoms with van der Waals surface area (Å²) >= 11 is 0. The van der Waals surface area contributed by atoms with Gasteiger partial charge in [0.1, 0.15) is 5.75 Å². The third kappa shape index (κ3) is 3.23. The summed E-state index contributed by atoms with van der Waals surface area (Å²) in [7, 11) is 1.36. The zero-order valence-electron chi connectivity index (χ0n) is 10.8. The van der Waals surface area contributed by atoms with Crippen LogP contribution < -0.4 is 10.1 Å². The molecule has 5 heteroatoms. The number of halogens is 3. The lowest BCUT2D eigenvalue weighted by Crippen LogP contribution is -2.28. The van der Waals surface area contributed by atoms with Crippen molar-refractivity contribution in [2.45, 2.75) is 12.2 Å². The molecule has 2 aromatic carbocycles. The molecule has 1 unspecified atom stereocenters. The van der Waals surface area contributed by atoms with E-state index in [9.17, 15) is 13.2 Å². The van der Waals surface area contributed by atoms with Gasteiger partial charge in [0.25, 0.3) is 0 Å². The molecule has 106 valence electrons. The lowest BCUT2D eigenvalue weighted by atomic mass is 10.0. The largest absolute Gasteiger partial charge is 0.496 e. The Bertz CT molecular complexity index is 555. The standard InChI is InChI=1S/C15H14F3NO/c1-20-13-10-6-5-9-12(13)14(15(16,17)18)19-11-7-3-2-4-8-11/h2-10,14,19H,1H3. The van der Waals surface area contributed by atoms with E-state index in [4.69, 9.17) is 4.74 Å². The first-order valence-corrected chi connectivity index (χ1v) is 6.03. The lowest BCUT2D eigenvalue weighted by Gasteiger charge is -2.24. The van der Waals surface area contributed by atoms with Gasteiger partial charge in [-0.2, -0.15) is 13.2 Å². The molecule has 0 saturated heterocycles. The van der Waals surface area contributed by atoms with Gasteiger partial charge < -0.3 is 10.1 Å². The zero-order chi connectivity index (χ0) is 14.6. The quantitative estimate of drug-likeness (QED) is 0.896. The van der Waals surface area contributed by atoms with E-state index >= 15 is 0 Å². The first-order chi connectivity index (χ1) is 9.52. The van der Waals surface area contributed by atoms with Crippen molar-refractivity contribution < 1.29 is 17.9 Å². The molecule has 0 aliphatic carbocycles. The van der Waals surface area contributed by atoms with Crippen molar-refractivity contribution in [3.63, 3.8) is 0 Å². The van der Waals surface area contributed by atoms with E-state index in [-0.39, 0.29) is 11.3 Å². The summed E-state index contributed by atoms with van der Waals surface area (Å²) < 4.78 is 44.9. The van der Waals surface area contributed by atoms with Crippen LogP contribution in [0.3, 0.4) is 0 Å². The number of rotatable bonds is 4. The Kier molecular flexibility index (Phi) is 4.17. The molecule has 1 atom stereocenters. The number of methoxy groups -OCH3 is 1. The van der Waals surface area contributed by atoms with E-state index in [2.05, 4.69) is 5.32 Å². The highest BCUT2D eigenvalue weighted by atomic mass is 19.4. The number of ether oxygens (including phenoxy) is 1. The highest BCUT2D eigenvalue weighted by Gasteiger charge is 2.42. The van der Waals surface area contributed by atoms with Crippen LogP contribution in [0, 0.1) is 0 Å². The molecule has 0 spiro atoms. The molecule has 0 aliphatic heterocycles. The Labute approximate surface area is 115 Å². The monoisotopic (exact) mass is 281 g/mol. The van der Waals surface area contributed by atoms with Crippen LogP contribution in [-0.2, 0) is 0 Å². The molecule has 0 amide bonds. The van der Waals surface area contributed by atoms with E-state index < -0.39 is 12.2 Å². The molecular weight excluding hydrogens is 267 g/mol. The Morgan fingerprint density at radius 1 is 0.950 bits per heavy atom. The molecular formula is C15H14F3NO. The molecule has 0 fully saturated rings. The SMILES string of the molecule is COc1ccccc1C(Nc1ccccc1)C(F)(F)F. The number of para-hydroxylation sites is 2. The summed E-state index contributed by atoms with van der Waals surface area (Å²) in [5.41, 5.74) is 0.465. The van der Waals surface area contributed by atoms with Gasteiger partial charge in [-0.3, -0.25) is 0 Å². The Hall–Kier alpha value is -2.17. The van der Waals surface area contributed by atoms with E-state index in [1.807, 2.05) is 0 Å². The summed E-state index contributed by atoms with van der Waals surface area (Å²) in [5, 5.41) is 2.50. The van der Waals surface area contributed by atoms with Crippen LogP contribution >= 0.6 is 0 Å². The number of benzene rings is 2. The number of anilines is 1. The average molecular weight is 281 g/mol. The van der Waals surface area contributed by atoms with E-state index in [1.165, 1.54) is 19.2 Å². The molecule has 0 bridgehead atoms. The Morgan fingerprint density at radius 3 is 2.15 bits per heavy atom. The average Bonchev–Trinajstić information content (AvgIpc) is 2.45. The second kappa shape index (κ2) is 5.86. The van der Waals surface area contributed by atoms with Crippen LogP contribution in [0.2, 0.25) is 0 Å². The van der Waals surface area contributed by atoms with Crippen LogP contribution in [0.15, 0.2) is 54.6 Å². The summed E-state index contributed by atoms with van der Waals surface area (Å²) in [4.78, 5) is 0. The van der Waals surface area contributed by atoms with E-state index in [1.54, 1.807) is 42.5 Å². The second-order valence-electron chi connectivity index (χ2n) is 4.23. The fourth-order valence-electron chi connectivity index (χ4n) is 1.94. The van der Waals surface area contributed by atoms with Crippen LogP contribution in [0.4, 0.5) is 18.9 Å². The molecule has 0 aliphatic rings. The molecule has 0 heterocycles. The van der Waals surface area contributed by atoms with Gasteiger partial charge >= 0.3 is 6.18 Å². The normalized spacial score (nSPS) is 12.8. The van der Waals surface area contributed by atoms with Crippen molar-refractivity contribution in [1.82, 2.24) is 0 Å². The minimum absolute atomic E-state index is 0.0614. The fraction of sp³-hybridized carbons (Fsp3) is 0.200. The number of hydrogen-bond acceptors (Lipinski definition) is 2. The van der Waals surface area contributed by atoms with Gasteiger partial charge in [0.2, 0.25) is 0 Å². The summed E-state index contributed by atoms with van der Waals surface area (Å²) in [6.07, 6.45) is -4.43. The topological polar surface area (TPSA) is 21.3 Å². The fourth-order valence-corrected chi connectivity index (χ4v) is 1.94. The Balaban J connectivity index is 2.38. The second-order valence-corrected chi connectivity index (χ2v) is 4.23. The molecule has 2 nitrogen and oxygen atoms in total. The minimum Gasteiger partial charge on any atom is -0.496 e. The van der Waals surface area contributed by atoms with Gasteiger partial charge in [-0.1, -0.05) is 36.4 Å². The van der Waals surface area contributed by atoms with Gasteiger partial charge in [0.05, 0.1) is 7.11 Å². The summed E-state index contributed by atoms with van der Waals surface area (Å²) in [6, 6.07) is 12.6. The highest BCUT2D eigenvalue weighted by molar-refractivity contribution is 5.48. The van der Waals surface area contributed by atoms with Gasteiger partial charge in [-0.15, -0.1) is 0 Å². The number of alkyl halides is 3. The predicted molar refractivity (Wildman–Crippen MR) is 71.9 cm³/mol. The van der Waals surface area contributed by atoms with Crippen molar-refractivity contribution >= 4 is 5.69 Å². The number of nitrogens with one attached hydrogen (secondary N) is 1. The van der Waals surface area contributed by atoms with Crippen LogP contribution in [0.1, 0.15) is 11.6 Å². The molecule has 20 heavy (non-hydrogen) atoms. The highest BCUT2D eigenvalue weighted by Crippen LogP contribution is 2.39. The van der Waals surface area contributed by atoms with Crippen molar-refractivity contribution in [1.29, 1.82) is 0 Å². The zero-order valence-corrected chi connectivity index (χ0v) is 10.8. The minimum atomic E-state index is -4.43. The third-order valence-electron chi connectivity index (χ3n) is 2.86. The first kappa shape index (κ1) is 14.2. The van der Waals surface area contributed by atoms with Crippen molar-refractivity contribution in [2.24, 2.45) is 0 Å². The van der Waals surface area contributed by atoms with Crippen LogP contribution in [0.5, 0.6) is 5.75 Å². The maximum absolute atomic E-state index is 13.3. The van der Waals surface area contributed by atoms with E-state index in [0.29, 0.717) is 5.69 Å². The van der Waals surface area contributed by atoms with Gasteiger partial charge in [-0.05, 0) is 18.2 Å². The molecule has 2 aromatic rings. The van der Waals surface area contributed by atoms with E-state index in [0.717, 1.165) is 0 Å². The summed E-state index contributed by atoms with van der Waals surface area (Å²) in [5.74, 6) is 0.207. The van der Waals surface area contributed by atoms with Crippen LogP contribution in [0.25, 0.3) is 0 Å². The molecule has 0 radical (unpaired) electrons. The van der Waals surface area contributed by atoms with Crippen molar-refractivity contribution in [3.05, 3.63) is 60.2 Å². The van der Waals surface area contributed by atoms with Crippen LogP contribution in [-0.4, -0.2) is 13.3 Å². The molecule has 2 rings (SSSR count). The predicted octanol–water partition coefficient (Wildman–Crippen LogP) is 4.41. The molecule has 0 saturated carbocycles.